The van der Waals surface area contributed by atoms with E-state index in [1.54, 1.807) is 0 Å². The van der Waals surface area contributed by atoms with Crippen LogP contribution >= 0.6 is 11.8 Å². The number of benzene rings is 1. The number of rotatable bonds is 7. The molecule has 25 heavy (non-hydrogen) atoms. The Morgan fingerprint density at radius 1 is 1.32 bits per heavy atom. The van der Waals surface area contributed by atoms with Gasteiger partial charge < -0.3 is 15.9 Å². The fraction of sp³-hybridized carbons (Fsp3) is 0.375. The highest BCUT2D eigenvalue weighted by Crippen LogP contribution is 2.18. The van der Waals surface area contributed by atoms with Gasteiger partial charge in [0.2, 0.25) is 11.1 Å². The first-order valence-electron chi connectivity index (χ1n) is 7.69. The number of aromatic nitrogens is 3. The molecule has 0 saturated carbocycles. The summed E-state index contributed by atoms with van der Waals surface area (Å²) in [4.78, 5) is 23.5. The first-order chi connectivity index (χ1) is 11.9. The lowest BCUT2D eigenvalue weighted by Gasteiger charge is -2.10. The summed E-state index contributed by atoms with van der Waals surface area (Å²) in [6, 6.07) is 5.94. The second-order valence-corrected chi connectivity index (χ2v) is 6.44. The maximum atomic E-state index is 11.8. The van der Waals surface area contributed by atoms with Crippen LogP contribution in [0.25, 0.3) is 0 Å². The quantitative estimate of drug-likeness (QED) is 0.420. The summed E-state index contributed by atoms with van der Waals surface area (Å²) < 4.78 is 6.54. The first-order valence-corrected chi connectivity index (χ1v) is 8.68. The van der Waals surface area contributed by atoms with Crippen molar-refractivity contribution in [3.05, 3.63) is 45.4 Å². The van der Waals surface area contributed by atoms with Crippen molar-refractivity contribution in [2.75, 3.05) is 24.7 Å². The molecule has 0 spiro atoms. The van der Waals surface area contributed by atoms with Crippen LogP contribution < -0.4 is 21.5 Å². The number of ether oxygens (including phenoxy) is 1. The number of hydrogen-bond donors (Lipinski definition) is 2. The van der Waals surface area contributed by atoms with Crippen molar-refractivity contribution < 1.29 is 9.53 Å². The molecule has 9 heteroatoms. The maximum absolute atomic E-state index is 11.8. The number of carbonyl (C=O) groups excluding carboxylic acids is 1. The van der Waals surface area contributed by atoms with Crippen molar-refractivity contribution in [1.29, 1.82) is 0 Å². The minimum atomic E-state index is -0.431. The van der Waals surface area contributed by atoms with Crippen LogP contribution in [0.15, 0.2) is 28.2 Å². The zero-order chi connectivity index (χ0) is 18.4. The highest BCUT2D eigenvalue weighted by Gasteiger charge is 2.10. The Labute approximate surface area is 149 Å². The lowest BCUT2D eigenvalue weighted by molar-refractivity contribution is -0.118. The minimum absolute atomic E-state index is 0.0813. The largest absolute Gasteiger partial charge is 0.491 e. The van der Waals surface area contributed by atoms with Crippen LogP contribution in [-0.4, -0.2) is 39.7 Å². The van der Waals surface area contributed by atoms with Gasteiger partial charge in [-0.2, -0.15) is 4.68 Å². The highest BCUT2D eigenvalue weighted by atomic mass is 32.2. The van der Waals surface area contributed by atoms with Crippen LogP contribution in [0, 0.1) is 20.8 Å². The van der Waals surface area contributed by atoms with Crippen molar-refractivity contribution in [2.45, 2.75) is 25.9 Å². The maximum Gasteiger partial charge on any atom is 0.294 e. The van der Waals surface area contributed by atoms with Crippen LogP contribution in [0.4, 0.5) is 0 Å². The molecule has 3 N–H and O–H groups in total. The van der Waals surface area contributed by atoms with Gasteiger partial charge in [0, 0.05) is 0 Å². The molecule has 2 aromatic rings. The van der Waals surface area contributed by atoms with E-state index in [9.17, 15) is 9.59 Å². The molecule has 1 heterocycles. The van der Waals surface area contributed by atoms with Crippen molar-refractivity contribution in [3.63, 3.8) is 0 Å². The van der Waals surface area contributed by atoms with E-state index in [0.717, 1.165) is 27.8 Å². The van der Waals surface area contributed by atoms with Crippen LogP contribution in [-0.2, 0) is 4.79 Å². The molecule has 1 aromatic heterocycles. The fourth-order valence-corrected chi connectivity index (χ4v) is 2.74. The molecule has 0 bridgehead atoms. The van der Waals surface area contributed by atoms with Gasteiger partial charge in [-0.15, -0.1) is 10.2 Å². The summed E-state index contributed by atoms with van der Waals surface area (Å²) in [5, 5.41) is 10.4. The van der Waals surface area contributed by atoms with Crippen LogP contribution in [0.1, 0.15) is 16.8 Å². The number of nitrogens with two attached hydrogens (primary N) is 1. The summed E-state index contributed by atoms with van der Waals surface area (Å²) in [7, 11) is 0. The second kappa shape index (κ2) is 8.52. The van der Waals surface area contributed by atoms with Crippen LogP contribution in [0.5, 0.6) is 5.75 Å². The SMILES string of the molecule is Cc1ccc(OCCNC(=O)CSc2nnc(C)c(=O)n2N)c(C)c1. The van der Waals surface area contributed by atoms with Crippen molar-refractivity contribution in [2.24, 2.45) is 0 Å². The van der Waals surface area contributed by atoms with E-state index in [0.29, 0.717) is 13.2 Å². The lowest BCUT2D eigenvalue weighted by Crippen LogP contribution is -2.33. The van der Waals surface area contributed by atoms with E-state index in [4.69, 9.17) is 10.6 Å². The first kappa shape index (κ1) is 18.8. The molecule has 0 radical (unpaired) electrons. The Balaban J connectivity index is 1.74. The molecule has 0 unspecified atom stereocenters. The van der Waals surface area contributed by atoms with Crippen LogP contribution in [0.3, 0.4) is 0 Å². The van der Waals surface area contributed by atoms with Gasteiger partial charge in [0.05, 0.1) is 12.3 Å². The molecular formula is C16H21N5O3S. The number of nitrogen functional groups attached to an aromatic ring is 1. The van der Waals surface area contributed by atoms with E-state index in [1.807, 2.05) is 32.0 Å². The Hall–Kier alpha value is -2.55. The molecule has 0 aliphatic carbocycles. The zero-order valence-corrected chi connectivity index (χ0v) is 15.2. The Morgan fingerprint density at radius 2 is 2.08 bits per heavy atom. The van der Waals surface area contributed by atoms with Gasteiger partial charge in [0.25, 0.3) is 5.56 Å². The van der Waals surface area contributed by atoms with Crippen molar-refractivity contribution >= 4 is 17.7 Å². The van der Waals surface area contributed by atoms with Gasteiger partial charge >= 0.3 is 0 Å². The third-order valence-electron chi connectivity index (χ3n) is 3.36. The molecule has 0 atom stereocenters. The van der Waals surface area contributed by atoms with E-state index < -0.39 is 5.56 Å². The summed E-state index contributed by atoms with van der Waals surface area (Å²) >= 11 is 1.05. The normalized spacial score (nSPS) is 10.5. The zero-order valence-electron chi connectivity index (χ0n) is 14.4. The minimum Gasteiger partial charge on any atom is -0.491 e. The van der Waals surface area contributed by atoms with Gasteiger partial charge in [-0.25, -0.2) is 0 Å². The second-order valence-electron chi connectivity index (χ2n) is 5.50. The van der Waals surface area contributed by atoms with Crippen molar-refractivity contribution in [1.82, 2.24) is 20.2 Å². The van der Waals surface area contributed by atoms with Gasteiger partial charge in [-0.1, -0.05) is 29.5 Å². The summed E-state index contributed by atoms with van der Waals surface area (Å²) in [5.41, 5.74) is 2.01. The molecule has 8 nitrogen and oxygen atoms in total. The number of thioether (sulfide) groups is 1. The molecule has 2 rings (SSSR count). The van der Waals surface area contributed by atoms with E-state index in [2.05, 4.69) is 15.5 Å². The Morgan fingerprint density at radius 3 is 2.80 bits per heavy atom. The molecule has 0 aliphatic rings. The smallest absolute Gasteiger partial charge is 0.294 e. The number of aryl methyl sites for hydroxylation is 3. The van der Waals surface area contributed by atoms with E-state index in [1.165, 1.54) is 12.5 Å². The molecular weight excluding hydrogens is 342 g/mol. The Kier molecular flexibility index (Phi) is 6.40. The lowest BCUT2D eigenvalue weighted by atomic mass is 10.1. The highest BCUT2D eigenvalue weighted by molar-refractivity contribution is 7.99. The molecule has 1 aromatic carbocycles. The van der Waals surface area contributed by atoms with Crippen LogP contribution in [0.2, 0.25) is 0 Å². The third-order valence-corrected chi connectivity index (χ3v) is 4.31. The number of hydrogen-bond acceptors (Lipinski definition) is 7. The third kappa shape index (κ3) is 5.21. The summed E-state index contributed by atoms with van der Waals surface area (Å²) in [6.45, 7) is 6.27. The number of nitrogens with zero attached hydrogens (tertiary/aromatic N) is 3. The fourth-order valence-electron chi connectivity index (χ4n) is 2.06. The monoisotopic (exact) mass is 363 g/mol. The predicted octanol–water partition coefficient (Wildman–Crippen LogP) is 0.565. The molecule has 0 saturated heterocycles. The van der Waals surface area contributed by atoms with Gasteiger partial charge in [-0.3, -0.25) is 9.59 Å². The van der Waals surface area contributed by atoms with Gasteiger partial charge in [0.1, 0.15) is 18.1 Å². The van der Waals surface area contributed by atoms with E-state index >= 15 is 0 Å². The number of carbonyl (C=O) groups is 1. The summed E-state index contributed by atoms with van der Waals surface area (Å²) in [6.07, 6.45) is 0. The number of amides is 1. The van der Waals surface area contributed by atoms with E-state index in [-0.39, 0.29) is 22.5 Å². The standard InChI is InChI=1S/C16H21N5O3S/c1-10-4-5-13(11(2)8-10)24-7-6-18-14(22)9-25-16-20-19-12(3)15(23)21(16)17/h4-5,8H,6-7,9,17H2,1-3H3,(H,18,22). The average Bonchev–Trinajstić information content (AvgIpc) is 2.57. The van der Waals surface area contributed by atoms with Crippen molar-refractivity contribution in [3.8, 4) is 5.75 Å². The topological polar surface area (TPSA) is 112 Å². The Bertz CT molecular complexity index is 822. The number of nitrogens with one attached hydrogen (secondary N) is 1. The molecule has 134 valence electrons. The average molecular weight is 363 g/mol. The predicted molar refractivity (Wildman–Crippen MR) is 96.3 cm³/mol. The molecule has 0 aliphatic heterocycles. The van der Waals surface area contributed by atoms with Gasteiger partial charge in [0.15, 0.2) is 0 Å². The summed E-state index contributed by atoms with van der Waals surface area (Å²) in [5.74, 6) is 6.29. The molecule has 0 fully saturated rings. The van der Waals surface area contributed by atoms with Gasteiger partial charge in [-0.05, 0) is 32.4 Å². The molecule has 1 amide bonds.